The molecular formula is C53H99NO10. The zero-order valence-corrected chi connectivity index (χ0v) is 40.8. The van der Waals surface area contributed by atoms with Gasteiger partial charge in [-0.15, -0.1) is 0 Å². The van der Waals surface area contributed by atoms with Crippen molar-refractivity contribution in [2.24, 2.45) is 0 Å². The largest absolute Gasteiger partial charge is 0.394 e. The van der Waals surface area contributed by atoms with Crippen LogP contribution in [-0.2, 0) is 14.3 Å². The van der Waals surface area contributed by atoms with E-state index in [9.17, 15) is 40.5 Å². The fourth-order valence-electron chi connectivity index (χ4n) is 8.26. The van der Waals surface area contributed by atoms with E-state index >= 15 is 0 Å². The van der Waals surface area contributed by atoms with Gasteiger partial charge in [0.15, 0.2) is 6.29 Å². The number of rotatable bonds is 44. The average molecular weight is 910 g/mol. The van der Waals surface area contributed by atoms with E-state index in [-0.39, 0.29) is 12.8 Å². The van der Waals surface area contributed by atoms with Gasteiger partial charge in [-0.3, -0.25) is 4.79 Å². The van der Waals surface area contributed by atoms with Crippen LogP contribution in [0.1, 0.15) is 226 Å². The maximum absolute atomic E-state index is 13.0. The van der Waals surface area contributed by atoms with Gasteiger partial charge in [-0.1, -0.05) is 192 Å². The molecule has 0 radical (unpaired) electrons. The Morgan fingerprint density at radius 2 is 0.953 bits per heavy atom. The van der Waals surface area contributed by atoms with Gasteiger partial charge in [0.1, 0.15) is 36.6 Å². The van der Waals surface area contributed by atoms with Crippen molar-refractivity contribution in [3.8, 4) is 0 Å². The summed E-state index contributed by atoms with van der Waals surface area (Å²) >= 11 is 0. The fourth-order valence-corrected chi connectivity index (χ4v) is 8.26. The molecule has 0 saturated carbocycles. The van der Waals surface area contributed by atoms with Crippen molar-refractivity contribution in [1.82, 2.24) is 5.32 Å². The number of allylic oxidation sites excluding steroid dienone is 6. The maximum atomic E-state index is 13.0. The molecule has 11 nitrogen and oxygen atoms in total. The second-order valence-corrected chi connectivity index (χ2v) is 18.6. The van der Waals surface area contributed by atoms with Gasteiger partial charge in [0.05, 0.1) is 25.4 Å². The minimum Gasteiger partial charge on any atom is -0.394 e. The summed E-state index contributed by atoms with van der Waals surface area (Å²) < 4.78 is 11.1. The second kappa shape index (κ2) is 42.7. The average Bonchev–Trinajstić information content (AvgIpc) is 3.29. The van der Waals surface area contributed by atoms with E-state index in [0.29, 0.717) is 19.3 Å². The Hall–Kier alpha value is -1.67. The first kappa shape index (κ1) is 60.3. The molecule has 1 aliphatic rings. The van der Waals surface area contributed by atoms with Crippen molar-refractivity contribution in [2.45, 2.75) is 281 Å². The van der Waals surface area contributed by atoms with Crippen LogP contribution in [0.25, 0.3) is 0 Å². The van der Waals surface area contributed by atoms with E-state index in [2.05, 4.69) is 55.6 Å². The number of ether oxygens (including phenoxy) is 2. The molecular weight excluding hydrogens is 811 g/mol. The van der Waals surface area contributed by atoms with Crippen LogP contribution in [0.5, 0.6) is 0 Å². The van der Waals surface area contributed by atoms with Crippen LogP contribution in [-0.4, -0.2) is 110 Å². The number of aliphatic hydroxyl groups is 7. The molecule has 1 heterocycles. The summed E-state index contributed by atoms with van der Waals surface area (Å²) in [7, 11) is 0. The van der Waals surface area contributed by atoms with Gasteiger partial charge in [-0.2, -0.15) is 0 Å². The SMILES string of the molecule is CCCC/C=C\CCCCCC(O)C(=O)NC(COC1OC(CO)C(O)C(O)C1O)C(O)C(O)CCC/C=C/CC/C=C/CCCCCCCCCCCCCCCCCCCCC. The van der Waals surface area contributed by atoms with Crippen molar-refractivity contribution < 1.29 is 50.0 Å². The molecule has 11 heteroatoms. The Kier molecular flexibility index (Phi) is 40.2. The molecule has 0 aromatic heterocycles. The molecule has 9 atom stereocenters. The smallest absolute Gasteiger partial charge is 0.249 e. The Morgan fingerprint density at radius 3 is 1.44 bits per heavy atom. The Bertz CT molecular complexity index is 1130. The Labute approximate surface area is 390 Å². The molecule has 1 rings (SSSR count). The van der Waals surface area contributed by atoms with Gasteiger partial charge in [-0.25, -0.2) is 0 Å². The summed E-state index contributed by atoms with van der Waals surface area (Å²) in [5.74, 6) is -0.726. The number of carbonyl (C=O) groups is 1. The van der Waals surface area contributed by atoms with E-state index in [1.807, 2.05) is 0 Å². The van der Waals surface area contributed by atoms with E-state index in [0.717, 1.165) is 51.4 Å². The summed E-state index contributed by atoms with van der Waals surface area (Å²) in [6.07, 6.45) is 39.6. The molecule has 1 amide bonds. The number of aliphatic hydroxyl groups excluding tert-OH is 7. The van der Waals surface area contributed by atoms with Crippen molar-refractivity contribution in [3.05, 3.63) is 36.5 Å². The summed E-state index contributed by atoms with van der Waals surface area (Å²) in [6.45, 7) is 3.36. The third-order valence-electron chi connectivity index (χ3n) is 12.6. The lowest BCUT2D eigenvalue weighted by Gasteiger charge is -2.40. The van der Waals surface area contributed by atoms with Crippen LogP contribution in [0.15, 0.2) is 36.5 Å². The topological polar surface area (TPSA) is 189 Å². The monoisotopic (exact) mass is 910 g/mol. The van der Waals surface area contributed by atoms with Crippen LogP contribution in [0.4, 0.5) is 0 Å². The molecule has 0 aromatic carbocycles. The molecule has 0 spiro atoms. The van der Waals surface area contributed by atoms with Crippen molar-refractivity contribution in [3.63, 3.8) is 0 Å². The van der Waals surface area contributed by atoms with Crippen LogP contribution in [0.3, 0.4) is 0 Å². The lowest BCUT2D eigenvalue weighted by atomic mass is 9.98. The summed E-state index contributed by atoms with van der Waals surface area (Å²) in [5.41, 5.74) is 0. The van der Waals surface area contributed by atoms with Gasteiger partial charge >= 0.3 is 0 Å². The van der Waals surface area contributed by atoms with Gasteiger partial charge in [0.25, 0.3) is 0 Å². The number of hydrogen-bond acceptors (Lipinski definition) is 10. The third-order valence-corrected chi connectivity index (χ3v) is 12.6. The van der Waals surface area contributed by atoms with Crippen LogP contribution >= 0.6 is 0 Å². The summed E-state index contributed by atoms with van der Waals surface area (Å²) in [5, 5.41) is 75.6. The molecule has 1 aliphatic heterocycles. The van der Waals surface area contributed by atoms with Gasteiger partial charge in [0, 0.05) is 0 Å². The highest BCUT2D eigenvalue weighted by Gasteiger charge is 2.44. The molecule has 8 N–H and O–H groups in total. The highest BCUT2D eigenvalue weighted by molar-refractivity contribution is 5.80. The highest BCUT2D eigenvalue weighted by Crippen LogP contribution is 2.23. The van der Waals surface area contributed by atoms with Gasteiger partial charge < -0.3 is 50.5 Å². The maximum Gasteiger partial charge on any atom is 0.249 e. The van der Waals surface area contributed by atoms with Gasteiger partial charge in [-0.05, 0) is 70.6 Å². The van der Waals surface area contributed by atoms with Gasteiger partial charge in [0.2, 0.25) is 5.91 Å². The first-order valence-corrected chi connectivity index (χ1v) is 26.4. The van der Waals surface area contributed by atoms with Crippen molar-refractivity contribution in [2.75, 3.05) is 13.2 Å². The highest BCUT2D eigenvalue weighted by atomic mass is 16.7. The Morgan fingerprint density at radius 1 is 0.531 bits per heavy atom. The predicted molar refractivity (Wildman–Crippen MR) is 261 cm³/mol. The molecule has 9 unspecified atom stereocenters. The first-order chi connectivity index (χ1) is 31.2. The second-order valence-electron chi connectivity index (χ2n) is 18.6. The van der Waals surface area contributed by atoms with E-state index in [1.165, 1.54) is 128 Å². The minimum absolute atomic E-state index is 0.228. The van der Waals surface area contributed by atoms with Crippen molar-refractivity contribution >= 4 is 5.91 Å². The molecule has 1 saturated heterocycles. The predicted octanol–water partition coefficient (Wildman–Crippen LogP) is 9.95. The normalized spacial score (nSPS) is 21.3. The quantitative estimate of drug-likeness (QED) is 0.0216. The first-order valence-electron chi connectivity index (χ1n) is 26.4. The van der Waals surface area contributed by atoms with E-state index in [1.54, 1.807) is 0 Å². The number of amides is 1. The number of unbranched alkanes of at least 4 members (excludes halogenated alkanes) is 26. The van der Waals surface area contributed by atoms with Crippen LogP contribution in [0.2, 0.25) is 0 Å². The molecule has 376 valence electrons. The lowest BCUT2D eigenvalue weighted by molar-refractivity contribution is -0.303. The number of hydrogen-bond donors (Lipinski definition) is 8. The third kappa shape index (κ3) is 31.3. The zero-order chi connectivity index (χ0) is 46.9. The molecule has 0 aliphatic carbocycles. The van der Waals surface area contributed by atoms with E-state index in [4.69, 9.17) is 9.47 Å². The number of nitrogens with one attached hydrogen (secondary N) is 1. The van der Waals surface area contributed by atoms with Crippen LogP contribution in [0, 0.1) is 0 Å². The van der Waals surface area contributed by atoms with Crippen molar-refractivity contribution in [1.29, 1.82) is 0 Å². The molecule has 0 aromatic rings. The molecule has 1 fully saturated rings. The minimum atomic E-state index is -1.67. The van der Waals surface area contributed by atoms with E-state index < -0.39 is 74.2 Å². The number of carbonyl (C=O) groups excluding carboxylic acids is 1. The zero-order valence-electron chi connectivity index (χ0n) is 40.8. The summed E-state index contributed by atoms with van der Waals surface area (Å²) in [6, 6.07) is -1.20. The lowest BCUT2D eigenvalue weighted by Crippen LogP contribution is -2.60. The summed E-state index contributed by atoms with van der Waals surface area (Å²) in [4.78, 5) is 13.0. The molecule has 0 bridgehead atoms. The standard InChI is InChI=1S/C53H99NO10/c1-3-5-7-9-11-13-14-15-16-17-18-19-20-21-22-23-24-25-26-27-28-29-30-31-33-34-36-38-40-45(56)48(58)44(43-63-53-51(61)50(60)49(59)47(42-55)64-53)54-52(62)46(57)41-39-37-35-32-12-10-8-6-4-2/h10,12,28-29,33-34,44-51,53,55-61H,3-9,11,13-27,30-32,35-43H2,1-2H3,(H,54,62)/b12-10-,29-28+,34-33+. The fraction of sp³-hybridized carbons (Fsp3) is 0.868. The van der Waals surface area contributed by atoms with Crippen LogP contribution < -0.4 is 5.32 Å². The Balaban J connectivity index is 2.29. The molecule has 64 heavy (non-hydrogen) atoms.